The summed E-state index contributed by atoms with van der Waals surface area (Å²) >= 11 is 9.78. The summed E-state index contributed by atoms with van der Waals surface area (Å²) in [4.78, 5) is 5.69. The fraction of sp³-hybridized carbons (Fsp3) is 0.444. The molecule has 0 aromatic heterocycles. The van der Waals surface area contributed by atoms with Crippen LogP contribution in [0, 0.1) is 0 Å². The van der Waals surface area contributed by atoms with E-state index in [4.69, 9.17) is 24.4 Å². The number of thiocarbonyl (C=S) groups is 2. The molecule has 4 N–H and O–H groups in total. The number of aliphatic imine (C=N–C) groups is 1. The highest BCUT2D eigenvalue weighted by molar-refractivity contribution is 7.80. The zero-order valence-electron chi connectivity index (χ0n) is 9.26. The van der Waals surface area contributed by atoms with Gasteiger partial charge in [0, 0.05) is 6.42 Å². The fourth-order valence-electron chi connectivity index (χ4n) is 1.07. The Morgan fingerprint density at radius 1 is 1.19 bits per heavy atom. The lowest BCUT2D eigenvalue weighted by Crippen LogP contribution is -2.41. The fourth-order valence-corrected chi connectivity index (χ4v) is 1.18. The third-order valence-corrected chi connectivity index (χ3v) is 1.93. The molecule has 0 unspecified atom stereocenters. The van der Waals surface area contributed by atoms with Crippen LogP contribution in [0.3, 0.4) is 0 Å². The normalized spacial score (nSPS) is 14.4. The van der Waals surface area contributed by atoms with E-state index in [0.717, 1.165) is 24.5 Å². The molecule has 0 spiro atoms. The Hall–Kier alpha value is -1.21. The summed E-state index contributed by atoms with van der Waals surface area (Å²) in [6, 6.07) is 0. The lowest BCUT2D eigenvalue weighted by Gasteiger charge is -2.16. The Balaban J connectivity index is 2.44. The molecule has 1 aliphatic rings. The van der Waals surface area contributed by atoms with Crippen LogP contribution in [0.1, 0.15) is 26.7 Å². The minimum absolute atomic E-state index is 0.670. The molecule has 0 amide bonds. The standard InChI is InChI=1S/C9H15N5S2/c1-6(15)11-13-8-4-3-5-9(10-8)14-12-7(2)16/h4,13H,3,5H2,1-2H3,(H,10,14)(H,11,15)(H,12,16). The lowest BCUT2D eigenvalue weighted by atomic mass is 10.2. The van der Waals surface area contributed by atoms with Gasteiger partial charge in [0.2, 0.25) is 0 Å². The molecule has 0 saturated heterocycles. The van der Waals surface area contributed by atoms with Gasteiger partial charge >= 0.3 is 0 Å². The van der Waals surface area contributed by atoms with Crippen molar-refractivity contribution >= 4 is 40.2 Å². The van der Waals surface area contributed by atoms with Gasteiger partial charge in [-0.25, -0.2) is 4.99 Å². The largest absolute Gasteiger partial charge is 0.293 e. The van der Waals surface area contributed by atoms with Gasteiger partial charge in [0.15, 0.2) is 0 Å². The van der Waals surface area contributed by atoms with Crippen molar-refractivity contribution in [2.75, 3.05) is 0 Å². The van der Waals surface area contributed by atoms with Gasteiger partial charge in [-0.2, -0.15) is 0 Å². The average molecular weight is 257 g/mol. The first-order chi connectivity index (χ1) is 7.58. The van der Waals surface area contributed by atoms with Gasteiger partial charge in [-0.05, 0) is 26.3 Å². The second kappa shape index (κ2) is 6.39. The van der Waals surface area contributed by atoms with Crippen LogP contribution in [0.4, 0.5) is 0 Å². The highest BCUT2D eigenvalue weighted by Gasteiger charge is 2.06. The molecule has 0 radical (unpaired) electrons. The van der Waals surface area contributed by atoms with Gasteiger partial charge in [0.05, 0.1) is 9.98 Å². The smallest absolute Gasteiger partial charge is 0.142 e. The molecule has 16 heavy (non-hydrogen) atoms. The van der Waals surface area contributed by atoms with Crippen LogP contribution in [0.2, 0.25) is 0 Å². The van der Waals surface area contributed by atoms with Crippen molar-refractivity contribution in [2.45, 2.75) is 26.7 Å². The van der Waals surface area contributed by atoms with Gasteiger partial charge in [0.25, 0.3) is 0 Å². The topological polar surface area (TPSA) is 60.5 Å². The van der Waals surface area contributed by atoms with Crippen LogP contribution in [0.15, 0.2) is 16.9 Å². The van der Waals surface area contributed by atoms with Gasteiger partial charge in [-0.1, -0.05) is 24.4 Å². The van der Waals surface area contributed by atoms with Crippen molar-refractivity contribution in [2.24, 2.45) is 4.99 Å². The van der Waals surface area contributed by atoms with E-state index in [1.165, 1.54) is 0 Å². The van der Waals surface area contributed by atoms with E-state index in [-0.39, 0.29) is 0 Å². The maximum Gasteiger partial charge on any atom is 0.142 e. The van der Waals surface area contributed by atoms with Crippen LogP contribution in [-0.4, -0.2) is 15.8 Å². The highest BCUT2D eigenvalue weighted by Crippen LogP contribution is 2.05. The van der Waals surface area contributed by atoms with E-state index in [1.54, 1.807) is 13.8 Å². The van der Waals surface area contributed by atoms with Crippen LogP contribution in [0.25, 0.3) is 0 Å². The van der Waals surface area contributed by atoms with Gasteiger partial charge in [0.1, 0.15) is 11.7 Å². The molecule has 0 saturated carbocycles. The summed E-state index contributed by atoms with van der Waals surface area (Å²) in [5.74, 6) is 1.60. The molecule has 7 heteroatoms. The van der Waals surface area contributed by atoms with E-state index in [9.17, 15) is 0 Å². The second-order valence-electron chi connectivity index (χ2n) is 3.30. The summed E-state index contributed by atoms with van der Waals surface area (Å²) in [5.41, 5.74) is 11.6. The maximum absolute atomic E-state index is 4.89. The van der Waals surface area contributed by atoms with Crippen LogP contribution < -0.4 is 21.7 Å². The van der Waals surface area contributed by atoms with Crippen molar-refractivity contribution in [3.05, 3.63) is 11.9 Å². The molecule has 0 aromatic carbocycles. The molecular formula is C9H15N5S2. The average Bonchev–Trinajstić information content (AvgIpc) is 2.24. The quantitative estimate of drug-likeness (QED) is 0.436. The molecular weight excluding hydrogens is 242 g/mol. The van der Waals surface area contributed by atoms with E-state index < -0.39 is 0 Å². The van der Waals surface area contributed by atoms with Crippen LogP contribution in [0.5, 0.6) is 0 Å². The molecule has 0 aromatic rings. The Labute approximate surface area is 106 Å². The zero-order valence-corrected chi connectivity index (χ0v) is 10.9. The van der Waals surface area contributed by atoms with Crippen molar-refractivity contribution < 1.29 is 0 Å². The Kier molecular flexibility index (Phi) is 5.13. The number of nitrogens with one attached hydrogen (secondary N) is 4. The summed E-state index contributed by atoms with van der Waals surface area (Å²) in [6.45, 7) is 3.60. The first-order valence-electron chi connectivity index (χ1n) is 4.91. The Bertz CT molecular complexity index is 348. The molecule has 88 valence electrons. The molecule has 5 nitrogen and oxygen atoms in total. The van der Waals surface area contributed by atoms with Gasteiger partial charge in [-0.3, -0.25) is 21.7 Å². The minimum Gasteiger partial charge on any atom is -0.293 e. The molecule has 0 aliphatic carbocycles. The number of allylic oxidation sites excluding steroid dienone is 1. The van der Waals surface area contributed by atoms with Crippen molar-refractivity contribution in [3.63, 3.8) is 0 Å². The summed E-state index contributed by atoms with van der Waals surface area (Å²) < 4.78 is 0. The van der Waals surface area contributed by atoms with Crippen molar-refractivity contribution in [1.29, 1.82) is 0 Å². The Morgan fingerprint density at radius 3 is 2.44 bits per heavy atom. The van der Waals surface area contributed by atoms with Gasteiger partial charge in [-0.15, -0.1) is 0 Å². The first kappa shape index (κ1) is 12.9. The SMILES string of the molecule is CC(=S)NNC1=CCCC(NNC(C)=S)=N1. The van der Waals surface area contributed by atoms with E-state index in [2.05, 4.69) is 26.7 Å². The van der Waals surface area contributed by atoms with E-state index >= 15 is 0 Å². The number of nitrogens with zero attached hydrogens (tertiary/aromatic N) is 1. The lowest BCUT2D eigenvalue weighted by molar-refractivity contribution is 0.729. The summed E-state index contributed by atoms with van der Waals surface area (Å²) in [7, 11) is 0. The maximum atomic E-state index is 4.89. The van der Waals surface area contributed by atoms with Crippen molar-refractivity contribution in [1.82, 2.24) is 21.7 Å². The number of hydrazine groups is 2. The number of hydrogen-bond donors (Lipinski definition) is 4. The van der Waals surface area contributed by atoms with Gasteiger partial charge < -0.3 is 0 Å². The summed E-state index contributed by atoms with van der Waals surface area (Å²) in [6.07, 6.45) is 3.78. The second-order valence-corrected chi connectivity index (χ2v) is 4.52. The number of amidine groups is 1. The van der Waals surface area contributed by atoms with E-state index in [1.807, 2.05) is 6.08 Å². The first-order valence-corrected chi connectivity index (χ1v) is 5.72. The monoisotopic (exact) mass is 257 g/mol. The summed E-state index contributed by atoms with van der Waals surface area (Å²) in [5, 5.41) is 0. The van der Waals surface area contributed by atoms with Crippen molar-refractivity contribution in [3.8, 4) is 0 Å². The van der Waals surface area contributed by atoms with Crippen LogP contribution >= 0.6 is 24.4 Å². The third-order valence-electron chi connectivity index (χ3n) is 1.72. The van der Waals surface area contributed by atoms with E-state index in [0.29, 0.717) is 9.98 Å². The number of hydrogen-bond acceptors (Lipinski definition) is 5. The number of rotatable bonds is 2. The zero-order chi connectivity index (χ0) is 12.0. The minimum atomic E-state index is 0.670. The predicted octanol–water partition coefficient (Wildman–Crippen LogP) is 0.903. The molecule has 0 atom stereocenters. The third kappa shape index (κ3) is 5.04. The predicted molar refractivity (Wildman–Crippen MR) is 73.8 cm³/mol. The Morgan fingerprint density at radius 2 is 1.81 bits per heavy atom. The van der Waals surface area contributed by atoms with Crippen LogP contribution in [-0.2, 0) is 0 Å². The molecule has 1 heterocycles. The highest BCUT2D eigenvalue weighted by atomic mass is 32.1. The molecule has 1 aliphatic heterocycles. The molecule has 1 rings (SSSR count). The molecule has 0 bridgehead atoms. The molecule has 0 fully saturated rings.